The molecule has 2 saturated heterocycles. The van der Waals surface area contributed by atoms with Gasteiger partial charge in [0.05, 0.1) is 13.2 Å². The second-order valence-corrected chi connectivity index (χ2v) is 8.56. The van der Waals surface area contributed by atoms with Gasteiger partial charge in [0.1, 0.15) is 35.3 Å². The van der Waals surface area contributed by atoms with Gasteiger partial charge in [-0.25, -0.2) is 0 Å². The number of aliphatic hydroxyl groups excluding tert-OH is 4. The van der Waals surface area contributed by atoms with E-state index < -0.39 is 36.1 Å². The maximum atomic E-state index is 10.8. The number of ether oxygens (including phenoxy) is 2. The summed E-state index contributed by atoms with van der Waals surface area (Å²) in [5.41, 5.74) is 0.0755. The standard InChI is InChI=1S/C23H27ClO6/c1-2-29-17-6-3-14(4-7-17)11-15-12-16(5-8-18(15)24)23-10-9-22(13-25,30-23)20(27)19(26)21(23)28/h3-8,12,19-21,25-28H,2,9-11,13H2,1H3/t19-,20-,21-,22+,23-/m0/s1. The number of hydrogen-bond acceptors (Lipinski definition) is 6. The highest BCUT2D eigenvalue weighted by molar-refractivity contribution is 6.31. The van der Waals surface area contributed by atoms with Crippen molar-refractivity contribution in [1.82, 2.24) is 0 Å². The first-order valence-electron chi connectivity index (χ1n) is 10.2. The molecule has 0 amide bonds. The van der Waals surface area contributed by atoms with Crippen molar-refractivity contribution in [3.63, 3.8) is 0 Å². The molecule has 0 aliphatic carbocycles. The molecule has 2 heterocycles. The fourth-order valence-electron chi connectivity index (χ4n) is 4.68. The summed E-state index contributed by atoms with van der Waals surface area (Å²) in [5, 5.41) is 42.1. The van der Waals surface area contributed by atoms with Gasteiger partial charge in [-0.2, -0.15) is 0 Å². The summed E-state index contributed by atoms with van der Waals surface area (Å²) in [5.74, 6) is 0.803. The predicted molar refractivity (Wildman–Crippen MR) is 112 cm³/mol. The summed E-state index contributed by atoms with van der Waals surface area (Å²) in [6, 6.07) is 13.2. The van der Waals surface area contributed by atoms with E-state index in [1.54, 1.807) is 12.1 Å². The molecule has 2 aliphatic rings. The number of fused-ring (bicyclic) bond motifs is 2. The van der Waals surface area contributed by atoms with Gasteiger partial charge in [-0.1, -0.05) is 35.9 Å². The number of benzene rings is 2. The molecule has 0 aromatic heterocycles. The van der Waals surface area contributed by atoms with E-state index >= 15 is 0 Å². The smallest absolute Gasteiger partial charge is 0.123 e. The second-order valence-electron chi connectivity index (χ2n) is 8.15. The largest absolute Gasteiger partial charge is 0.494 e. The molecule has 0 spiro atoms. The van der Waals surface area contributed by atoms with Gasteiger partial charge >= 0.3 is 0 Å². The zero-order valence-electron chi connectivity index (χ0n) is 16.8. The maximum Gasteiger partial charge on any atom is 0.123 e. The molecule has 4 rings (SSSR count). The lowest BCUT2D eigenvalue weighted by Gasteiger charge is -2.48. The molecule has 0 radical (unpaired) electrons. The molecule has 5 atom stereocenters. The topological polar surface area (TPSA) is 99.4 Å². The maximum absolute atomic E-state index is 10.8. The van der Waals surface area contributed by atoms with Crippen LogP contribution in [-0.4, -0.2) is 57.6 Å². The number of hydrogen-bond donors (Lipinski definition) is 4. The van der Waals surface area contributed by atoms with Crippen LogP contribution in [-0.2, 0) is 16.8 Å². The molecule has 2 aliphatic heterocycles. The molecule has 162 valence electrons. The Labute approximate surface area is 180 Å². The molecule has 2 bridgehead atoms. The summed E-state index contributed by atoms with van der Waals surface area (Å²) in [4.78, 5) is 0. The van der Waals surface area contributed by atoms with Crippen LogP contribution in [0.1, 0.15) is 36.5 Å². The third-order valence-electron chi connectivity index (χ3n) is 6.40. The minimum atomic E-state index is -1.42. The average molecular weight is 435 g/mol. The first-order chi connectivity index (χ1) is 14.3. The van der Waals surface area contributed by atoms with Crippen molar-refractivity contribution in [1.29, 1.82) is 0 Å². The molecule has 30 heavy (non-hydrogen) atoms. The number of aliphatic hydroxyl groups is 4. The van der Waals surface area contributed by atoms with Crippen molar-refractivity contribution >= 4 is 11.6 Å². The van der Waals surface area contributed by atoms with E-state index in [-0.39, 0.29) is 0 Å². The predicted octanol–water partition coefficient (Wildman–Crippen LogP) is 2.16. The molecular formula is C23H27ClO6. The highest BCUT2D eigenvalue weighted by Gasteiger charge is 2.65. The van der Waals surface area contributed by atoms with Crippen molar-refractivity contribution in [3.05, 3.63) is 64.2 Å². The van der Waals surface area contributed by atoms with Crippen LogP contribution in [0.25, 0.3) is 0 Å². The van der Waals surface area contributed by atoms with Crippen LogP contribution in [0.5, 0.6) is 5.75 Å². The first-order valence-corrected chi connectivity index (χ1v) is 10.6. The Bertz CT molecular complexity index is 903. The lowest BCUT2D eigenvalue weighted by Crippen LogP contribution is -2.64. The molecular weight excluding hydrogens is 408 g/mol. The quantitative estimate of drug-likeness (QED) is 0.556. The highest BCUT2D eigenvalue weighted by Crippen LogP contribution is 2.54. The summed E-state index contributed by atoms with van der Waals surface area (Å²) >= 11 is 6.45. The van der Waals surface area contributed by atoms with Crippen molar-refractivity contribution in [2.75, 3.05) is 13.2 Å². The SMILES string of the molecule is CCOc1ccc(Cc2cc([C@]34CC[C@](CO)(O3)[C@@H](O)[C@H](O)[C@@H]4O)ccc2Cl)cc1. The Morgan fingerprint density at radius 1 is 1.07 bits per heavy atom. The summed E-state index contributed by atoms with van der Waals surface area (Å²) in [7, 11) is 0. The van der Waals surface area contributed by atoms with Gasteiger partial charge in [0.15, 0.2) is 0 Å². The third-order valence-corrected chi connectivity index (χ3v) is 6.77. The van der Waals surface area contributed by atoms with E-state index in [0.717, 1.165) is 16.9 Å². The number of halogens is 1. The van der Waals surface area contributed by atoms with Crippen LogP contribution in [0.3, 0.4) is 0 Å². The van der Waals surface area contributed by atoms with Crippen molar-refractivity contribution in [2.45, 2.75) is 55.7 Å². The Balaban J connectivity index is 1.66. The van der Waals surface area contributed by atoms with Crippen LogP contribution in [0.15, 0.2) is 42.5 Å². The summed E-state index contributed by atoms with van der Waals surface area (Å²) in [6.45, 7) is 2.10. The second kappa shape index (κ2) is 8.11. The van der Waals surface area contributed by atoms with E-state index in [1.165, 1.54) is 0 Å². The first kappa shape index (κ1) is 21.6. The van der Waals surface area contributed by atoms with E-state index in [2.05, 4.69) is 0 Å². The van der Waals surface area contributed by atoms with Crippen molar-refractivity contribution < 1.29 is 29.9 Å². The molecule has 2 aromatic rings. The summed E-state index contributed by atoms with van der Waals surface area (Å²) in [6.07, 6.45) is -2.83. The van der Waals surface area contributed by atoms with Crippen LogP contribution in [0.2, 0.25) is 5.02 Å². The van der Waals surface area contributed by atoms with Crippen LogP contribution < -0.4 is 4.74 Å². The zero-order valence-corrected chi connectivity index (χ0v) is 17.5. The molecule has 2 fully saturated rings. The van der Waals surface area contributed by atoms with Gasteiger partial charge in [-0.05, 0) is 61.1 Å². The Kier molecular flexibility index (Phi) is 5.83. The highest BCUT2D eigenvalue weighted by atomic mass is 35.5. The lowest BCUT2D eigenvalue weighted by molar-refractivity contribution is -0.289. The van der Waals surface area contributed by atoms with Crippen molar-refractivity contribution in [3.8, 4) is 5.75 Å². The molecule has 6 nitrogen and oxygen atoms in total. The van der Waals surface area contributed by atoms with Gasteiger partial charge in [0.2, 0.25) is 0 Å². The minimum Gasteiger partial charge on any atom is -0.494 e. The molecule has 2 aromatic carbocycles. The number of rotatable bonds is 6. The Hall–Kier alpha value is -1.67. The van der Waals surface area contributed by atoms with Gasteiger partial charge in [0.25, 0.3) is 0 Å². The average Bonchev–Trinajstić information content (AvgIpc) is 3.14. The van der Waals surface area contributed by atoms with E-state index in [0.29, 0.717) is 36.5 Å². The van der Waals surface area contributed by atoms with Gasteiger partial charge in [-0.3, -0.25) is 0 Å². The molecule has 0 saturated carbocycles. The van der Waals surface area contributed by atoms with Crippen LogP contribution in [0.4, 0.5) is 0 Å². The van der Waals surface area contributed by atoms with E-state index in [4.69, 9.17) is 21.1 Å². The van der Waals surface area contributed by atoms with Gasteiger partial charge in [-0.15, -0.1) is 0 Å². The van der Waals surface area contributed by atoms with Gasteiger partial charge < -0.3 is 29.9 Å². The van der Waals surface area contributed by atoms with Crippen molar-refractivity contribution in [2.24, 2.45) is 0 Å². The molecule has 0 unspecified atom stereocenters. The molecule has 4 N–H and O–H groups in total. The third kappa shape index (κ3) is 3.42. The van der Waals surface area contributed by atoms with Crippen LogP contribution >= 0.6 is 11.6 Å². The Morgan fingerprint density at radius 3 is 2.47 bits per heavy atom. The molecule has 7 heteroatoms. The monoisotopic (exact) mass is 434 g/mol. The summed E-state index contributed by atoms with van der Waals surface area (Å²) < 4.78 is 11.6. The zero-order chi connectivity index (χ0) is 21.5. The van der Waals surface area contributed by atoms with Gasteiger partial charge in [0, 0.05) is 5.02 Å². The minimum absolute atomic E-state index is 0.329. The van der Waals surface area contributed by atoms with E-state index in [1.807, 2.05) is 37.3 Å². The Morgan fingerprint density at radius 2 is 1.80 bits per heavy atom. The lowest BCUT2D eigenvalue weighted by atomic mass is 9.80. The van der Waals surface area contributed by atoms with Crippen LogP contribution in [0, 0.1) is 0 Å². The fraction of sp³-hybridized carbons (Fsp3) is 0.478. The van der Waals surface area contributed by atoms with E-state index in [9.17, 15) is 20.4 Å². The normalized spacial score (nSPS) is 32.9. The fourth-order valence-corrected chi connectivity index (χ4v) is 4.87.